The summed E-state index contributed by atoms with van der Waals surface area (Å²) in [7, 11) is 0. The Morgan fingerprint density at radius 1 is 1.07 bits per heavy atom. The van der Waals surface area contributed by atoms with Crippen LogP contribution in [0.4, 0.5) is 13.2 Å². The molecule has 4 heteroatoms. The highest BCUT2D eigenvalue weighted by atomic mass is 19.4. The van der Waals surface area contributed by atoms with Crippen LogP contribution in [0.25, 0.3) is 0 Å². The fourth-order valence-corrected chi connectivity index (χ4v) is 1.65. The number of halogens is 3. The van der Waals surface area contributed by atoms with E-state index < -0.39 is 11.7 Å². The third kappa shape index (κ3) is 3.15. The summed E-state index contributed by atoms with van der Waals surface area (Å²) in [5.41, 5.74) is -1.67. The maximum Gasteiger partial charge on any atom is 0.406 e. The van der Waals surface area contributed by atoms with Crippen LogP contribution >= 0.6 is 0 Å². The van der Waals surface area contributed by atoms with Crippen molar-refractivity contribution in [3.63, 3.8) is 0 Å². The van der Waals surface area contributed by atoms with Crippen LogP contribution in [-0.4, -0.2) is 18.3 Å². The maximum absolute atomic E-state index is 12.8. The molecule has 86 valence electrons. The molecule has 1 unspecified atom stereocenters. The highest BCUT2D eigenvalue weighted by Gasteiger charge is 2.51. The van der Waals surface area contributed by atoms with Gasteiger partial charge in [0.1, 0.15) is 5.54 Å². The van der Waals surface area contributed by atoms with Crippen molar-refractivity contribution in [2.45, 2.75) is 58.2 Å². The van der Waals surface area contributed by atoms with E-state index in [4.69, 9.17) is 0 Å². The number of rotatable bonds is 6. The van der Waals surface area contributed by atoms with Crippen LogP contribution < -0.4 is 5.32 Å². The van der Waals surface area contributed by atoms with Gasteiger partial charge in [-0.15, -0.1) is 0 Å². The Bertz CT molecular complexity index is 156. The van der Waals surface area contributed by atoms with Crippen molar-refractivity contribution >= 4 is 0 Å². The van der Waals surface area contributed by atoms with Crippen molar-refractivity contribution in [1.82, 2.24) is 5.32 Å². The molecule has 0 aliphatic heterocycles. The van der Waals surface area contributed by atoms with E-state index in [2.05, 4.69) is 5.32 Å². The second-order valence-electron chi connectivity index (χ2n) is 3.57. The van der Waals surface area contributed by atoms with Gasteiger partial charge in [-0.05, 0) is 19.4 Å². The molecule has 0 amide bonds. The van der Waals surface area contributed by atoms with Crippen LogP contribution in [0.1, 0.15) is 46.5 Å². The normalized spacial score (nSPS) is 16.7. The molecule has 0 radical (unpaired) electrons. The van der Waals surface area contributed by atoms with Crippen molar-refractivity contribution < 1.29 is 13.2 Å². The molecular formula is C10H20F3N. The molecule has 0 aliphatic carbocycles. The van der Waals surface area contributed by atoms with E-state index in [0.717, 1.165) is 6.42 Å². The minimum Gasteiger partial charge on any atom is -0.304 e. The van der Waals surface area contributed by atoms with E-state index in [1.54, 1.807) is 13.8 Å². The highest BCUT2D eigenvalue weighted by molar-refractivity contribution is 4.93. The first-order valence-corrected chi connectivity index (χ1v) is 5.25. The number of hydrogen-bond donors (Lipinski definition) is 1. The SMILES string of the molecule is CCCCC(CC)(NCC)C(F)(F)F. The van der Waals surface area contributed by atoms with Crippen molar-refractivity contribution in [2.24, 2.45) is 0 Å². The average Bonchev–Trinajstić information content (AvgIpc) is 2.10. The Labute approximate surface area is 84.1 Å². The van der Waals surface area contributed by atoms with E-state index in [-0.39, 0.29) is 12.8 Å². The predicted octanol–water partition coefficient (Wildman–Crippen LogP) is 3.50. The lowest BCUT2D eigenvalue weighted by Crippen LogP contribution is -2.56. The van der Waals surface area contributed by atoms with Gasteiger partial charge in [0, 0.05) is 0 Å². The number of hydrogen-bond acceptors (Lipinski definition) is 1. The summed E-state index contributed by atoms with van der Waals surface area (Å²) in [5.74, 6) is 0. The Hall–Kier alpha value is -0.250. The molecule has 0 fully saturated rings. The fourth-order valence-electron chi connectivity index (χ4n) is 1.65. The molecule has 1 N–H and O–H groups in total. The molecule has 0 aliphatic rings. The van der Waals surface area contributed by atoms with Gasteiger partial charge in [-0.25, -0.2) is 0 Å². The Morgan fingerprint density at radius 2 is 1.64 bits per heavy atom. The second-order valence-corrected chi connectivity index (χ2v) is 3.57. The van der Waals surface area contributed by atoms with Gasteiger partial charge in [-0.2, -0.15) is 13.2 Å². The molecule has 0 saturated carbocycles. The standard InChI is InChI=1S/C10H20F3N/c1-4-7-8-9(5-2,14-6-3)10(11,12)13/h14H,4-8H2,1-3H3. The molecule has 1 atom stereocenters. The number of nitrogens with one attached hydrogen (secondary N) is 1. The molecule has 0 heterocycles. The van der Waals surface area contributed by atoms with Gasteiger partial charge in [0.15, 0.2) is 0 Å². The molecule has 0 bridgehead atoms. The van der Waals surface area contributed by atoms with Crippen LogP contribution in [0.15, 0.2) is 0 Å². The molecule has 1 nitrogen and oxygen atoms in total. The van der Waals surface area contributed by atoms with Crippen molar-refractivity contribution in [2.75, 3.05) is 6.54 Å². The minimum absolute atomic E-state index is 0.102. The lowest BCUT2D eigenvalue weighted by atomic mass is 9.89. The summed E-state index contributed by atoms with van der Waals surface area (Å²) in [6.07, 6.45) is -2.46. The van der Waals surface area contributed by atoms with Crippen LogP contribution in [0.5, 0.6) is 0 Å². The summed E-state index contributed by atoms with van der Waals surface area (Å²) >= 11 is 0. The van der Waals surface area contributed by atoms with Crippen LogP contribution in [0.3, 0.4) is 0 Å². The molecule has 0 aromatic heterocycles. The van der Waals surface area contributed by atoms with Gasteiger partial charge in [0.2, 0.25) is 0 Å². The zero-order chi connectivity index (χ0) is 11.2. The van der Waals surface area contributed by atoms with Crippen LogP contribution in [0.2, 0.25) is 0 Å². The Kier molecular flexibility index (Phi) is 5.49. The molecule has 0 aromatic rings. The van der Waals surface area contributed by atoms with Gasteiger partial charge in [-0.1, -0.05) is 33.6 Å². The summed E-state index contributed by atoms with van der Waals surface area (Å²) in [5, 5.41) is 2.60. The van der Waals surface area contributed by atoms with E-state index in [1.807, 2.05) is 6.92 Å². The number of alkyl halides is 3. The largest absolute Gasteiger partial charge is 0.406 e. The smallest absolute Gasteiger partial charge is 0.304 e. The van der Waals surface area contributed by atoms with E-state index in [0.29, 0.717) is 13.0 Å². The minimum atomic E-state index is -4.15. The third-order valence-electron chi connectivity index (χ3n) is 2.62. The van der Waals surface area contributed by atoms with Crippen molar-refractivity contribution in [3.05, 3.63) is 0 Å². The number of unbranched alkanes of at least 4 members (excludes halogenated alkanes) is 1. The highest BCUT2D eigenvalue weighted by Crippen LogP contribution is 2.36. The van der Waals surface area contributed by atoms with Crippen molar-refractivity contribution in [1.29, 1.82) is 0 Å². The zero-order valence-corrected chi connectivity index (χ0v) is 9.17. The van der Waals surface area contributed by atoms with Gasteiger partial charge >= 0.3 is 6.18 Å². The second kappa shape index (κ2) is 5.59. The Morgan fingerprint density at radius 3 is 1.93 bits per heavy atom. The van der Waals surface area contributed by atoms with Crippen LogP contribution in [-0.2, 0) is 0 Å². The zero-order valence-electron chi connectivity index (χ0n) is 9.17. The summed E-state index contributed by atoms with van der Waals surface area (Å²) in [6.45, 7) is 5.56. The summed E-state index contributed by atoms with van der Waals surface area (Å²) in [4.78, 5) is 0. The van der Waals surface area contributed by atoms with Gasteiger partial charge in [0.05, 0.1) is 0 Å². The fraction of sp³-hybridized carbons (Fsp3) is 1.00. The summed E-state index contributed by atoms with van der Waals surface area (Å²) < 4.78 is 38.5. The first kappa shape index (κ1) is 13.8. The lowest BCUT2D eigenvalue weighted by molar-refractivity contribution is -0.200. The quantitative estimate of drug-likeness (QED) is 0.709. The van der Waals surface area contributed by atoms with Gasteiger partial charge in [0.25, 0.3) is 0 Å². The molecule has 0 spiro atoms. The predicted molar refractivity (Wildman–Crippen MR) is 52.3 cm³/mol. The van der Waals surface area contributed by atoms with E-state index in [1.165, 1.54) is 0 Å². The molecule has 0 aromatic carbocycles. The van der Waals surface area contributed by atoms with E-state index in [9.17, 15) is 13.2 Å². The summed E-state index contributed by atoms with van der Waals surface area (Å²) in [6, 6.07) is 0. The topological polar surface area (TPSA) is 12.0 Å². The monoisotopic (exact) mass is 211 g/mol. The van der Waals surface area contributed by atoms with E-state index >= 15 is 0 Å². The van der Waals surface area contributed by atoms with Gasteiger partial charge < -0.3 is 5.32 Å². The molecule has 0 saturated heterocycles. The first-order chi connectivity index (χ1) is 6.43. The Balaban J connectivity index is 4.60. The molecule has 14 heavy (non-hydrogen) atoms. The molecule has 0 rings (SSSR count). The maximum atomic E-state index is 12.8. The van der Waals surface area contributed by atoms with Crippen LogP contribution in [0, 0.1) is 0 Å². The first-order valence-electron chi connectivity index (χ1n) is 5.25. The lowest BCUT2D eigenvalue weighted by Gasteiger charge is -2.35. The van der Waals surface area contributed by atoms with Gasteiger partial charge in [-0.3, -0.25) is 0 Å². The van der Waals surface area contributed by atoms with Crippen molar-refractivity contribution in [3.8, 4) is 0 Å². The molecular weight excluding hydrogens is 191 g/mol. The third-order valence-corrected chi connectivity index (χ3v) is 2.62. The average molecular weight is 211 g/mol.